The molecule has 3 N–H and O–H groups in total. The van der Waals surface area contributed by atoms with Crippen molar-refractivity contribution in [3.8, 4) is 5.75 Å². The van der Waals surface area contributed by atoms with Gasteiger partial charge in [0.25, 0.3) is 0 Å². The lowest BCUT2D eigenvalue weighted by atomic mass is 10.0. The highest BCUT2D eigenvalue weighted by molar-refractivity contribution is 5.91. The van der Waals surface area contributed by atoms with Gasteiger partial charge in [-0.25, -0.2) is 9.78 Å². The van der Waals surface area contributed by atoms with Crippen molar-refractivity contribution in [2.75, 3.05) is 49.5 Å². The molecule has 0 atom stereocenters. The minimum absolute atomic E-state index is 0.554. The highest BCUT2D eigenvalue weighted by Gasteiger charge is 2.22. The molecule has 2 amide bonds. The van der Waals surface area contributed by atoms with Gasteiger partial charge in [-0.1, -0.05) is 12.1 Å². The third-order valence-corrected chi connectivity index (χ3v) is 6.64. The van der Waals surface area contributed by atoms with Crippen LogP contribution in [0.15, 0.2) is 42.6 Å². The molecular weight excluding hydrogens is 416 g/mol. The zero-order valence-electron chi connectivity index (χ0n) is 19.0. The molecule has 4 heterocycles. The van der Waals surface area contributed by atoms with Gasteiger partial charge in [-0.15, -0.1) is 0 Å². The molecule has 0 bridgehead atoms. The minimum atomic E-state index is -0.554. The van der Waals surface area contributed by atoms with Crippen LogP contribution in [0.5, 0.6) is 5.75 Å². The number of aromatic nitrogens is 2. The number of hydrogen-bond donors (Lipinski definition) is 2. The van der Waals surface area contributed by atoms with Gasteiger partial charge in [0, 0.05) is 44.3 Å². The number of rotatable bonds is 7. The van der Waals surface area contributed by atoms with Crippen LogP contribution in [0.1, 0.15) is 24.8 Å². The zero-order valence-corrected chi connectivity index (χ0v) is 19.0. The summed E-state index contributed by atoms with van der Waals surface area (Å²) in [5, 5.41) is 3.73. The Kier molecular flexibility index (Phi) is 6.35. The standard InChI is InChI=1S/C25H32N6O2/c26-25(32)28-22-18-20-7-4-10-27-24(20)31(22)12-2-1-11-29-13-15-30(16-14-29)21-9-3-6-19-8-5-17-33-23(19)21/h3-4,6-7,9-10,18H,1-2,5,8,11-17H2,(H3,26,28,32). The molecule has 174 valence electrons. The van der Waals surface area contributed by atoms with Crippen LogP contribution in [0.4, 0.5) is 16.3 Å². The van der Waals surface area contributed by atoms with Crippen LogP contribution >= 0.6 is 0 Å². The average molecular weight is 449 g/mol. The Balaban J connectivity index is 1.13. The van der Waals surface area contributed by atoms with Crippen LogP contribution in [0.25, 0.3) is 11.0 Å². The van der Waals surface area contributed by atoms with Crippen molar-refractivity contribution in [2.24, 2.45) is 5.73 Å². The lowest BCUT2D eigenvalue weighted by Gasteiger charge is -2.37. The van der Waals surface area contributed by atoms with E-state index in [1.807, 2.05) is 18.2 Å². The molecule has 1 fully saturated rings. The number of unbranched alkanes of at least 4 members (excludes halogenated alkanes) is 1. The highest BCUT2D eigenvalue weighted by atomic mass is 16.5. The molecular formula is C25H32N6O2. The number of carbonyl (C=O) groups is 1. The second kappa shape index (κ2) is 9.70. The molecule has 2 aliphatic heterocycles. The van der Waals surface area contributed by atoms with Crippen LogP contribution in [0.3, 0.4) is 0 Å². The van der Waals surface area contributed by atoms with Gasteiger partial charge in [-0.3, -0.25) is 10.2 Å². The first-order valence-corrected chi connectivity index (χ1v) is 11.9. The Labute approximate surface area is 194 Å². The van der Waals surface area contributed by atoms with Gasteiger partial charge in [-0.05, 0) is 62.1 Å². The lowest BCUT2D eigenvalue weighted by molar-refractivity contribution is 0.248. The molecule has 0 radical (unpaired) electrons. The molecule has 8 heteroatoms. The summed E-state index contributed by atoms with van der Waals surface area (Å²) in [5.74, 6) is 1.81. The van der Waals surface area contributed by atoms with E-state index in [0.29, 0.717) is 5.82 Å². The number of para-hydroxylation sites is 1. The molecule has 1 saturated heterocycles. The minimum Gasteiger partial charge on any atom is -0.491 e. The summed E-state index contributed by atoms with van der Waals surface area (Å²) in [7, 11) is 0. The van der Waals surface area contributed by atoms with E-state index < -0.39 is 6.03 Å². The van der Waals surface area contributed by atoms with Gasteiger partial charge in [0.15, 0.2) is 0 Å². The summed E-state index contributed by atoms with van der Waals surface area (Å²) in [4.78, 5) is 20.9. The topological polar surface area (TPSA) is 88.6 Å². The maximum absolute atomic E-state index is 11.4. The van der Waals surface area contributed by atoms with Crippen LogP contribution in [-0.2, 0) is 13.0 Å². The highest BCUT2D eigenvalue weighted by Crippen LogP contribution is 2.36. The molecule has 0 unspecified atom stereocenters. The van der Waals surface area contributed by atoms with E-state index in [1.165, 1.54) is 11.3 Å². The van der Waals surface area contributed by atoms with Crippen LogP contribution in [0.2, 0.25) is 0 Å². The van der Waals surface area contributed by atoms with Crippen LogP contribution in [-0.4, -0.2) is 59.8 Å². The number of urea groups is 1. The van der Waals surface area contributed by atoms with Gasteiger partial charge in [0.2, 0.25) is 0 Å². The number of nitrogens with zero attached hydrogens (tertiary/aromatic N) is 4. The number of piperazine rings is 1. The predicted octanol–water partition coefficient (Wildman–Crippen LogP) is 3.45. The maximum atomic E-state index is 11.4. The number of hydrogen-bond acceptors (Lipinski definition) is 5. The Bertz CT molecular complexity index is 1120. The number of nitrogens with one attached hydrogen (secondary N) is 1. The fourth-order valence-corrected chi connectivity index (χ4v) is 4.98. The van der Waals surface area contributed by atoms with Crippen molar-refractivity contribution in [1.29, 1.82) is 0 Å². The van der Waals surface area contributed by atoms with E-state index >= 15 is 0 Å². The Morgan fingerprint density at radius 3 is 2.79 bits per heavy atom. The average Bonchev–Trinajstić information content (AvgIpc) is 3.18. The Morgan fingerprint density at radius 1 is 1.09 bits per heavy atom. The fraction of sp³-hybridized carbons (Fsp3) is 0.440. The zero-order chi connectivity index (χ0) is 22.6. The van der Waals surface area contributed by atoms with Crippen molar-refractivity contribution in [3.05, 3.63) is 48.2 Å². The number of pyridine rings is 1. The van der Waals surface area contributed by atoms with Crippen molar-refractivity contribution < 1.29 is 9.53 Å². The molecule has 2 aliphatic rings. The van der Waals surface area contributed by atoms with Crippen LogP contribution < -0.4 is 20.7 Å². The summed E-state index contributed by atoms with van der Waals surface area (Å²) in [6, 6.07) is 11.8. The van der Waals surface area contributed by atoms with Crippen molar-refractivity contribution >= 4 is 28.6 Å². The van der Waals surface area contributed by atoms with E-state index in [9.17, 15) is 4.79 Å². The van der Waals surface area contributed by atoms with Gasteiger partial charge in [0.05, 0.1) is 12.3 Å². The van der Waals surface area contributed by atoms with Crippen molar-refractivity contribution in [1.82, 2.24) is 14.5 Å². The first kappa shape index (κ1) is 21.6. The first-order valence-electron chi connectivity index (χ1n) is 11.9. The second-order valence-corrected chi connectivity index (χ2v) is 8.84. The van der Waals surface area contributed by atoms with Gasteiger partial charge >= 0.3 is 6.03 Å². The van der Waals surface area contributed by atoms with E-state index in [2.05, 4.69) is 42.9 Å². The summed E-state index contributed by atoms with van der Waals surface area (Å²) >= 11 is 0. The summed E-state index contributed by atoms with van der Waals surface area (Å²) < 4.78 is 8.07. The number of amides is 2. The maximum Gasteiger partial charge on any atom is 0.317 e. The number of nitrogens with two attached hydrogens (primary N) is 1. The molecule has 33 heavy (non-hydrogen) atoms. The molecule has 1 aromatic carbocycles. The normalized spacial score (nSPS) is 16.4. The molecule has 0 aliphatic carbocycles. The Hall–Kier alpha value is -3.26. The number of benzene rings is 1. The SMILES string of the molecule is NC(=O)Nc1cc2cccnc2n1CCCCN1CCN(c2cccc3c2OCCC3)CC1. The number of anilines is 2. The third kappa shape index (κ3) is 4.75. The van der Waals surface area contributed by atoms with E-state index in [4.69, 9.17) is 10.5 Å². The summed E-state index contributed by atoms with van der Waals surface area (Å²) in [6.45, 7) is 6.87. The summed E-state index contributed by atoms with van der Waals surface area (Å²) in [6.07, 6.45) is 6.10. The number of ether oxygens (including phenoxy) is 1. The number of fused-ring (bicyclic) bond motifs is 2. The van der Waals surface area contributed by atoms with Crippen molar-refractivity contribution in [2.45, 2.75) is 32.2 Å². The van der Waals surface area contributed by atoms with Crippen molar-refractivity contribution in [3.63, 3.8) is 0 Å². The summed E-state index contributed by atoms with van der Waals surface area (Å²) in [5.41, 5.74) is 8.84. The third-order valence-electron chi connectivity index (χ3n) is 6.64. The smallest absolute Gasteiger partial charge is 0.317 e. The monoisotopic (exact) mass is 448 g/mol. The molecule has 0 saturated carbocycles. The molecule has 8 nitrogen and oxygen atoms in total. The largest absolute Gasteiger partial charge is 0.491 e. The number of primary amides is 1. The second-order valence-electron chi connectivity index (χ2n) is 8.84. The van der Waals surface area contributed by atoms with Crippen LogP contribution in [0, 0.1) is 0 Å². The Morgan fingerprint density at radius 2 is 1.94 bits per heavy atom. The quantitative estimate of drug-likeness (QED) is 0.541. The van der Waals surface area contributed by atoms with E-state index in [0.717, 1.165) is 88.3 Å². The molecule has 5 rings (SSSR count). The predicted molar refractivity (Wildman–Crippen MR) is 131 cm³/mol. The first-order chi connectivity index (χ1) is 16.2. The van der Waals surface area contributed by atoms with Gasteiger partial charge in [0.1, 0.15) is 17.2 Å². The molecule has 2 aromatic heterocycles. The van der Waals surface area contributed by atoms with E-state index in [-0.39, 0.29) is 0 Å². The fourth-order valence-electron chi connectivity index (χ4n) is 4.98. The van der Waals surface area contributed by atoms with Gasteiger partial charge in [-0.2, -0.15) is 0 Å². The lowest BCUT2D eigenvalue weighted by Crippen LogP contribution is -2.46. The number of carbonyl (C=O) groups excluding carboxylic acids is 1. The van der Waals surface area contributed by atoms with Gasteiger partial charge < -0.3 is 19.9 Å². The molecule has 3 aromatic rings. The number of aryl methyl sites for hydroxylation is 2. The molecule has 0 spiro atoms. The van der Waals surface area contributed by atoms with E-state index in [1.54, 1.807) is 6.20 Å².